The van der Waals surface area contributed by atoms with Gasteiger partial charge in [-0.2, -0.15) is 0 Å². The second-order valence-corrected chi connectivity index (χ2v) is 6.16. The van der Waals surface area contributed by atoms with E-state index in [2.05, 4.69) is 0 Å². The molecule has 0 fully saturated rings. The van der Waals surface area contributed by atoms with Crippen molar-refractivity contribution in [2.45, 2.75) is 0 Å². The summed E-state index contributed by atoms with van der Waals surface area (Å²) < 4.78 is 35.5. The molecule has 0 aromatic rings. The van der Waals surface area contributed by atoms with Gasteiger partial charge in [0.2, 0.25) is 0 Å². The van der Waals surface area contributed by atoms with Crippen LogP contribution in [-0.2, 0) is 18.3 Å². The van der Waals surface area contributed by atoms with Gasteiger partial charge in [-0.05, 0) is 0 Å². The molecule has 0 unspecified atom stereocenters. The first-order valence-electron chi connectivity index (χ1n) is 3.13. The number of hydrogen-bond donors (Lipinski definition) is 12. The molecule has 0 bridgehead atoms. The molecule has 22 heteroatoms. The van der Waals surface area contributed by atoms with Crippen LogP contribution in [0.3, 0.4) is 0 Å². The van der Waals surface area contributed by atoms with E-state index in [1.165, 1.54) is 0 Å². The third kappa shape index (κ3) is 1000. The van der Waals surface area contributed by atoms with Crippen LogP contribution in [0.4, 0.5) is 0 Å². The van der Waals surface area contributed by atoms with Gasteiger partial charge in [-0.3, -0.25) is 0 Å². The van der Waals surface area contributed by atoms with E-state index in [9.17, 15) is 0 Å². The summed E-state index contributed by atoms with van der Waals surface area (Å²) in [6.45, 7) is 0. The smallest absolute Gasteiger partial charge is 0 e. The van der Waals surface area contributed by atoms with Gasteiger partial charge < -0.3 is 58.7 Å². The molecule has 0 saturated heterocycles. The third-order valence-electron chi connectivity index (χ3n) is 0. The zero-order valence-corrected chi connectivity index (χ0v) is 16.1. The van der Waals surface area contributed by atoms with Gasteiger partial charge in [0.05, 0.1) is 0 Å². The molecule has 134 valence electrons. The van der Waals surface area contributed by atoms with Crippen molar-refractivity contribution in [1.82, 2.24) is 0 Å². The molecule has 0 saturated carbocycles. The summed E-state index contributed by atoms with van der Waals surface area (Å²) in [5, 5.41) is 0. The van der Waals surface area contributed by atoms with Crippen LogP contribution >= 0.6 is 31.3 Å². The van der Waals surface area contributed by atoms with Crippen molar-refractivity contribution in [3.05, 3.63) is 0 Å². The van der Waals surface area contributed by atoms with Crippen molar-refractivity contribution < 1.29 is 118 Å². The van der Waals surface area contributed by atoms with Crippen LogP contribution in [0.1, 0.15) is 0 Å². The van der Waals surface area contributed by atoms with E-state index in [0.717, 1.165) is 0 Å². The molecule has 0 rings (SSSR count). The van der Waals surface area contributed by atoms with E-state index in [1.807, 2.05) is 0 Å². The summed E-state index contributed by atoms with van der Waals surface area (Å²) in [4.78, 5) is 86.2. The van der Waals surface area contributed by atoms with Gasteiger partial charge in [-0.15, -0.1) is 0 Å². The minimum absolute atomic E-state index is 0. The van der Waals surface area contributed by atoms with E-state index in [1.54, 1.807) is 0 Å². The minimum atomic E-state index is -4.64. The van der Waals surface area contributed by atoms with E-state index in [4.69, 9.17) is 77.0 Å². The second-order valence-electron chi connectivity index (χ2n) is 2.05. The molecule has 0 aromatic heterocycles. The molecule has 0 aliphatic carbocycles. The maximum absolute atomic E-state index is 8.88. The molecule has 22 heavy (non-hydrogen) atoms. The first-order chi connectivity index (χ1) is 8.00. The van der Waals surface area contributed by atoms with Crippen LogP contribution < -0.4 is 0 Å². The van der Waals surface area contributed by atoms with E-state index in [-0.39, 0.29) is 92.2 Å². The first kappa shape index (κ1) is 40.2. The van der Waals surface area contributed by atoms with E-state index >= 15 is 0 Å². The standard InChI is InChI=1S/K.Nd.4H3O4P.H/c;;4*1-5(2,3)4;/h;;4*(H3,1,2,3,4);. The summed E-state index contributed by atoms with van der Waals surface area (Å²) in [5.41, 5.74) is 0. The van der Waals surface area contributed by atoms with Crippen LogP contribution in [0.5, 0.6) is 0 Å². The largest absolute Gasteiger partial charge is 0 e. The Kier molecular flexibility index (Phi) is 32.6. The summed E-state index contributed by atoms with van der Waals surface area (Å²) in [6.07, 6.45) is 0. The fourth-order valence-corrected chi connectivity index (χ4v) is 0. The Morgan fingerprint density at radius 3 is 0.364 bits per heavy atom. The van der Waals surface area contributed by atoms with Crippen LogP contribution in [-0.4, -0.2) is 110 Å². The maximum atomic E-state index is 8.88. The van der Waals surface area contributed by atoms with Crippen molar-refractivity contribution in [2.75, 3.05) is 0 Å². The Hall–Kier alpha value is 3.43. The summed E-state index contributed by atoms with van der Waals surface area (Å²) >= 11 is 0. The average molecular weight is 576 g/mol. The second kappa shape index (κ2) is 17.8. The van der Waals surface area contributed by atoms with E-state index < -0.39 is 31.3 Å². The van der Waals surface area contributed by atoms with Gasteiger partial charge in [0.15, 0.2) is 0 Å². The molecule has 0 heterocycles. The quantitative estimate of drug-likeness (QED) is 0.0957. The molecule has 0 radical (unpaired) electrons. The zero-order chi connectivity index (χ0) is 18.0. The van der Waals surface area contributed by atoms with Crippen LogP contribution in [0.25, 0.3) is 0 Å². The van der Waals surface area contributed by atoms with Crippen molar-refractivity contribution in [3.63, 3.8) is 0 Å². The van der Waals surface area contributed by atoms with E-state index in [0.29, 0.717) is 0 Å². The predicted molar refractivity (Wildman–Crippen MR) is 64.2 cm³/mol. The molecule has 16 nitrogen and oxygen atoms in total. The number of rotatable bonds is 0. The molecule has 12 N–H and O–H groups in total. The Morgan fingerprint density at radius 2 is 0.364 bits per heavy atom. The Labute approximate surface area is 197 Å². The third-order valence-corrected chi connectivity index (χ3v) is 0. The molecule has 0 aliphatic heterocycles. The molecule has 0 atom stereocenters. The van der Waals surface area contributed by atoms with Crippen LogP contribution in [0.2, 0.25) is 0 Å². The Morgan fingerprint density at radius 1 is 0.364 bits per heavy atom. The predicted octanol–water partition coefficient (Wildman–Crippen LogP) is -4.36. The van der Waals surface area contributed by atoms with Gasteiger partial charge in [0.25, 0.3) is 0 Å². The first-order valence-corrected chi connectivity index (χ1v) is 9.39. The summed E-state index contributed by atoms with van der Waals surface area (Å²) in [5.74, 6) is 0. The maximum Gasteiger partial charge on any atom is 0 e. The monoisotopic (exact) mass is 574 g/mol. The zero-order valence-electron chi connectivity index (χ0n) is 9.29. The van der Waals surface area contributed by atoms with Gasteiger partial charge in [0.1, 0.15) is 0 Å². The fraction of sp³-hybridized carbons (Fsp3) is 0. The van der Waals surface area contributed by atoms with Crippen molar-refractivity contribution in [1.29, 1.82) is 0 Å². The molecule has 0 amide bonds. The van der Waals surface area contributed by atoms with Crippen LogP contribution in [0, 0.1) is 40.8 Å². The SMILES string of the molecule is O=P(O)(O)O.O=P(O)(O)O.O=P(O)(O)O.O=P(O)(O)O.[KH].[Nd]. The molecule has 0 spiro atoms. The van der Waals surface area contributed by atoms with Crippen molar-refractivity contribution in [2.24, 2.45) is 0 Å². The Bertz CT molecular complexity index is 291. The number of hydrogen-bond acceptors (Lipinski definition) is 4. The van der Waals surface area contributed by atoms with Gasteiger partial charge in [-0.25, -0.2) is 18.3 Å². The molecule has 0 aliphatic rings. The van der Waals surface area contributed by atoms with Crippen molar-refractivity contribution >= 4 is 82.7 Å². The molecular formula is H13KNdO16P4. The number of phosphoric acid groups is 4. The topological polar surface area (TPSA) is 311 Å². The Balaban J connectivity index is -0.0000000376. The van der Waals surface area contributed by atoms with Gasteiger partial charge in [0, 0.05) is 40.8 Å². The van der Waals surface area contributed by atoms with Gasteiger partial charge >= 0.3 is 82.7 Å². The normalized spacial score (nSPS) is 10.7. The molecular weight excluding hydrogens is 563 g/mol. The van der Waals surface area contributed by atoms with Crippen molar-refractivity contribution in [3.8, 4) is 0 Å². The summed E-state index contributed by atoms with van der Waals surface area (Å²) in [6, 6.07) is 0. The molecule has 0 aromatic carbocycles. The fourth-order valence-electron chi connectivity index (χ4n) is 0. The average Bonchev–Trinajstić information content (AvgIpc) is 1.62. The summed E-state index contributed by atoms with van der Waals surface area (Å²) in [7, 11) is -18.6. The van der Waals surface area contributed by atoms with Crippen LogP contribution in [0.15, 0.2) is 0 Å². The minimum Gasteiger partial charge on any atom is 0 e. The van der Waals surface area contributed by atoms with Gasteiger partial charge in [-0.1, -0.05) is 0 Å².